The minimum Gasteiger partial charge on any atom is -0.355 e. The first kappa shape index (κ1) is 13.5. The number of halogens is 2. The van der Waals surface area contributed by atoms with Gasteiger partial charge in [-0.25, -0.2) is 4.39 Å². The summed E-state index contributed by atoms with van der Waals surface area (Å²) in [4.78, 5) is 11.3. The van der Waals surface area contributed by atoms with Crippen molar-refractivity contribution in [3.8, 4) is 0 Å². The van der Waals surface area contributed by atoms with Gasteiger partial charge in [-0.05, 0) is 40.4 Å². The second kappa shape index (κ2) is 6.29. The van der Waals surface area contributed by atoms with Gasteiger partial charge in [-0.2, -0.15) is 0 Å². The van der Waals surface area contributed by atoms with Crippen LogP contribution in [-0.4, -0.2) is 19.0 Å². The third kappa shape index (κ3) is 3.78. The van der Waals surface area contributed by atoms with Crippen molar-refractivity contribution in [2.75, 3.05) is 13.1 Å². The first-order valence-electron chi connectivity index (χ1n) is 6.10. The highest BCUT2D eigenvalue weighted by Crippen LogP contribution is 2.28. The topological polar surface area (TPSA) is 41.1 Å². The maximum Gasteiger partial charge on any atom is 0.223 e. The fourth-order valence-corrected chi connectivity index (χ4v) is 2.08. The number of hydrogen-bond acceptors (Lipinski definition) is 2. The predicted molar refractivity (Wildman–Crippen MR) is 71.5 cm³/mol. The molecule has 0 spiro atoms. The van der Waals surface area contributed by atoms with Crippen molar-refractivity contribution in [2.45, 2.75) is 19.4 Å². The lowest BCUT2D eigenvalue weighted by atomic mass is 10.2. The summed E-state index contributed by atoms with van der Waals surface area (Å²) in [5.74, 6) is 0.155. The van der Waals surface area contributed by atoms with Gasteiger partial charge in [0.1, 0.15) is 5.82 Å². The molecule has 0 aromatic heterocycles. The van der Waals surface area contributed by atoms with Crippen LogP contribution in [-0.2, 0) is 11.3 Å². The van der Waals surface area contributed by atoms with Crippen LogP contribution in [0.4, 0.5) is 4.39 Å². The molecular weight excluding hydrogens is 299 g/mol. The Hall–Kier alpha value is -0.940. The molecule has 0 saturated heterocycles. The number of benzene rings is 1. The van der Waals surface area contributed by atoms with Crippen molar-refractivity contribution in [3.05, 3.63) is 34.1 Å². The molecule has 0 unspecified atom stereocenters. The molecule has 1 aliphatic rings. The first-order valence-corrected chi connectivity index (χ1v) is 6.89. The molecule has 98 valence electrons. The average molecular weight is 315 g/mol. The van der Waals surface area contributed by atoms with E-state index in [9.17, 15) is 9.18 Å². The van der Waals surface area contributed by atoms with Gasteiger partial charge in [-0.15, -0.1) is 0 Å². The zero-order valence-electron chi connectivity index (χ0n) is 10.0. The molecule has 1 aromatic rings. The Morgan fingerprint density at radius 1 is 1.39 bits per heavy atom. The van der Waals surface area contributed by atoms with E-state index < -0.39 is 0 Å². The molecule has 5 heteroatoms. The molecule has 0 atom stereocenters. The van der Waals surface area contributed by atoms with Crippen LogP contribution in [0.15, 0.2) is 22.7 Å². The van der Waals surface area contributed by atoms with Gasteiger partial charge in [0.15, 0.2) is 0 Å². The molecule has 1 saturated carbocycles. The summed E-state index contributed by atoms with van der Waals surface area (Å²) in [5.41, 5.74) is 0.878. The van der Waals surface area contributed by atoms with E-state index in [1.807, 2.05) is 6.07 Å². The maximum atomic E-state index is 13.2. The molecule has 0 radical (unpaired) electrons. The molecule has 2 N–H and O–H groups in total. The fraction of sp³-hybridized carbons (Fsp3) is 0.462. The van der Waals surface area contributed by atoms with Crippen LogP contribution in [0.25, 0.3) is 0 Å². The van der Waals surface area contributed by atoms with Crippen LogP contribution in [0.1, 0.15) is 18.4 Å². The van der Waals surface area contributed by atoms with Crippen LogP contribution < -0.4 is 10.6 Å². The lowest BCUT2D eigenvalue weighted by molar-refractivity contribution is -0.122. The molecule has 1 fully saturated rings. The minimum atomic E-state index is -0.253. The monoisotopic (exact) mass is 314 g/mol. The summed E-state index contributed by atoms with van der Waals surface area (Å²) in [6.45, 7) is 1.88. The Kier molecular flexibility index (Phi) is 4.72. The van der Waals surface area contributed by atoms with Crippen LogP contribution in [0.2, 0.25) is 0 Å². The van der Waals surface area contributed by atoms with Crippen LogP contribution in [0, 0.1) is 11.7 Å². The van der Waals surface area contributed by atoms with Crippen molar-refractivity contribution in [2.24, 2.45) is 5.92 Å². The number of carbonyl (C=O) groups excluding carboxylic acids is 1. The summed E-state index contributed by atoms with van der Waals surface area (Å²) in [6.07, 6.45) is 2.05. The SMILES string of the molecule is O=C(NCCNCc1cccc(F)c1Br)C1CC1. The van der Waals surface area contributed by atoms with Crippen molar-refractivity contribution >= 4 is 21.8 Å². The molecule has 1 aromatic carbocycles. The second-order valence-electron chi connectivity index (χ2n) is 4.46. The lowest BCUT2D eigenvalue weighted by Crippen LogP contribution is -2.32. The molecule has 18 heavy (non-hydrogen) atoms. The average Bonchev–Trinajstić information content (AvgIpc) is 3.18. The molecular formula is C13H16BrFN2O. The van der Waals surface area contributed by atoms with Gasteiger partial charge in [0.25, 0.3) is 0 Å². The van der Waals surface area contributed by atoms with E-state index >= 15 is 0 Å². The number of nitrogens with one attached hydrogen (secondary N) is 2. The summed E-state index contributed by atoms with van der Waals surface area (Å²) in [5, 5.41) is 6.04. The normalized spacial score (nSPS) is 14.6. The second-order valence-corrected chi connectivity index (χ2v) is 5.25. The number of rotatable bonds is 6. The highest BCUT2D eigenvalue weighted by atomic mass is 79.9. The van der Waals surface area contributed by atoms with Gasteiger partial charge in [-0.3, -0.25) is 4.79 Å². The van der Waals surface area contributed by atoms with E-state index in [1.54, 1.807) is 6.07 Å². The Balaban J connectivity index is 1.65. The molecule has 2 rings (SSSR count). The molecule has 3 nitrogen and oxygen atoms in total. The highest BCUT2D eigenvalue weighted by molar-refractivity contribution is 9.10. The predicted octanol–water partition coefficient (Wildman–Crippen LogP) is 2.20. The third-order valence-corrected chi connectivity index (χ3v) is 3.78. The Morgan fingerprint density at radius 3 is 2.89 bits per heavy atom. The summed E-state index contributed by atoms with van der Waals surface area (Å²) >= 11 is 3.22. The van der Waals surface area contributed by atoms with E-state index in [1.165, 1.54) is 6.07 Å². The summed E-state index contributed by atoms with van der Waals surface area (Å²) in [7, 11) is 0. The summed E-state index contributed by atoms with van der Waals surface area (Å²) in [6, 6.07) is 4.97. The van der Waals surface area contributed by atoms with Crippen molar-refractivity contribution < 1.29 is 9.18 Å². The Labute approximate surface area is 114 Å². The third-order valence-electron chi connectivity index (χ3n) is 2.90. The van der Waals surface area contributed by atoms with Gasteiger partial charge in [-0.1, -0.05) is 12.1 Å². The van der Waals surface area contributed by atoms with Crippen LogP contribution in [0.5, 0.6) is 0 Å². The van der Waals surface area contributed by atoms with E-state index in [0.29, 0.717) is 24.1 Å². The van der Waals surface area contributed by atoms with Crippen LogP contribution >= 0.6 is 15.9 Å². The Morgan fingerprint density at radius 2 is 2.17 bits per heavy atom. The van der Waals surface area contributed by atoms with Gasteiger partial charge < -0.3 is 10.6 Å². The van der Waals surface area contributed by atoms with Gasteiger partial charge in [0.2, 0.25) is 5.91 Å². The quantitative estimate of drug-likeness (QED) is 0.790. The molecule has 1 aliphatic carbocycles. The molecule has 0 aliphatic heterocycles. The molecule has 0 bridgehead atoms. The first-order chi connectivity index (χ1) is 8.68. The van der Waals surface area contributed by atoms with Gasteiger partial charge in [0.05, 0.1) is 4.47 Å². The standard InChI is InChI=1S/C13H16BrFN2O/c14-12-10(2-1-3-11(12)15)8-16-6-7-17-13(18)9-4-5-9/h1-3,9,16H,4-8H2,(H,17,18). The largest absolute Gasteiger partial charge is 0.355 e. The van der Waals surface area contributed by atoms with Crippen molar-refractivity contribution in [3.63, 3.8) is 0 Å². The molecule has 0 heterocycles. The van der Waals surface area contributed by atoms with Gasteiger partial charge in [0, 0.05) is 25.6 Å². The van der Waals surface area contributed by atoms with E-state index in [2.05, 4.69) is 26.6 Å². The Bertz CT molecular complexity index is 435. The van der Waals surface area contributed by atoms with E-state index in [-0.39, 0.29) is 17.6 Å². The van der Waals surface area contributed by atoms with Crippen LogP contribution in [0.3, 0.4) is 0 Å². The van der Waals surface area contributed by atoms with E-state index in [0.717, 1.165) is 18.4 Å². The smallest absolute Gasteiger partial charge is 0.223 e. The highest BCUT2D eigenvalue weighted by Gasteiger charge is 2.28. The van der Waals surface area contributed by atoms with E-state index in [4.69, 9.17) is 0 Å². The summed E-state index contributed by atoms with van der Waals surface area (Å²) < 4.78 is 13.7. The van der Waals surface area contributed by atoms with Gasteiger partial charge >= 0.3 is 0 Å². The minimum absolute atomic E-state index is 0.156. The number of amides is 1. The zero-order valence-corrected chi connectivity index (χ0v) is 11.6. The maximum absolute atomic E-state index is 13.2. The fourth-order valence-electron chi connectivity index (χ4n) is 1.67. The number of carbonyl (C=O) groups is 1. The number of hydrogen-bond donors (Lipinski definition) is 2. The lowest BCUT2D eigenvalue weighted by Gasteiger charge is -2.08. The van der Waals surface area contributed by atoms with Crippen molar-refractivity contribution in [1.29, 1.82) is 0 Å². The molecule has 1 amide bonds. The van der Waals surface area contributed by atoms with Crippen molar-refractivity contribution in [1.82, 2.24) is 10.6 Å². The zero-order chi connectivity index (χ0) is 13.0.